The van der Waals surface area contributed by atoms with E-state index in [2.05, 4.69) is 30.9 Å². The molecule has 0 radical (unpaired) electrons. The molecule has 37 heavy (non-hydrogen) atoms. The number of H-pyrrole nitrogens is 1. The molecule has 0 bridgehead atoms. The fourth-order valence-electron chi connectivity index (χ4n) is 3.20. The Kier molecular flexibility index (Phi) is 12.5. The average molecular weight is 526 g/mol. The Hall–Kier alpha value is -4.21. The van der Waals surface area contributed by atoms with Gasteiger partial charge in [0.05, 0.1) is 18.8 Å². The van der Waals surface area contributed by atoms with Crippen LogP contribution in [0.1, 0.15) is 38.8 Å². The number of amides is 3. The number of aromatic nitrogens is 2. The quantitative estimate of drug-likeness (QED) is 0.0595. The molecule has 16 heteroatoms. The molecule has 0 saturated carbocycles. The Morgan fingerprint density at radius 2 is 1.68 bits per heavy atom. The van der Waals surface area contributed by atoms with Crippen molar-refractivity contribution in [2.24, 2.45) is 28.1 Å². The van der Waals surface area contributed by atoms with E-state index in [9.17, 15) is 34.2 Å². The molecule has 1 heterocycles. The number of hydrogen-bond donors (Lipinski definition) is 9. The minimum absolute atomic E-state index is 0.0164. The minimum Gasteiger partial charge on any atom is -0.481 e. The van der Waals surface area contributed by atoms with Crippen molar-refractivity contribution >= 4 is 35.6 Å². The molecular weight excluding hydrogens is 490 g/mol. The highest BCUT2D eigenvalue weighted by atomic mass is 16.4. The van der Waals surface area contributed by atoms with Crippen LogP contribution in [0.2, 0.25) is 0 Å². The molecule has 0 fully saturated rings. The van der Waals surface area contributed by atoms with E-state index in [1.165, 1.54) is 12.5 Å². The van der Waals surface area contributed by atoms with E-state index in [0.717, 1.165) is 0 Å². The number of carbonyl (C=O) groups is 5. The fraction of sp³-hybridized carbons (Fsp3) is 0.571. The van der Waals surface area contributed by atoms with Crippen LogP contribution < -0.4 is 33.2 Å². The molecule has 0 aliphatic rings. The van der Waals surface area contributed by atoms with Gasteiger partial charge in [-0.1, -0.05) is 13.8 Å². The molecule has 1 rings (SSSR count). The Labute approximate surface area is 212 Å². The Morgan fingerprint density at radius 3 is 2.19 bits per heavy atom. The number of imidazole rings is 1. The van der Waals surface area contributed by atoms with Crippen molar-refractivity contribution in [3.63, 3.8) is 0 Å². The van der Waals surface area contributed by atoms with Gasteiger partial charge in [0.2, 0.25) is 17.7 Å². The molecule has 3 amide bonds. The molecular formula is C21H35N9O7. The molecule has 0 saturated heterocycles. The van der Waals surface area contributed by atoms with Crippen LogP contribution in [0.3, 0.4) is 0 Å². The van der Waals surface area contributed by atoms with E-state index in [1.54, 1.807) is 13.8 Å². The van der Waals surface area contributed by atoms with Gasteiger partial charge < -0.3 is 48.3 Å². The predicted octanol–water partition coefficient (Wildman–Crippen LogP) is -3.00. The molecule has 0 aliphatic heterocycles. The summed E-state index contributed by atoms with van der Waals surface area (Å²) >= 11 is 0. The number of guanidine groups is 1. The zero-order valence-corrected chi connectivity index (χ0v) is 20.6. The summed E-state index contributed by atoms with van der Waals surface area (Å²) in [6.07, 6.45) is 2.43. The fourth-order valence-corrected chi connectivity index (χ4v) is 3.20. The van der Waals surface area contributed by atoms with Gasteiger partial charge in [-0.25, -0.2) is 9.78 Å². The van der Waals surface area contributed by atoms with Crippen LogP contribution in [-0.4, -0.2) is 86.5 Å². The average Bonchev–Trinajstić information content (AvgIpc) is 3.30. The number of aliphatic imine (C=N–C) groups is 1. The van der Waals surface area contributed by atoms with Gasteiger partial charge >= 0.3 is 11.9 Å². The molecule has 4 unspecified atom stereocenters. The van der Waals surface area contributed by atoms with Crippen molar-refractivity contribution < 1.29 is 34.2 Å². The summed E-state index contributed by atoms with van der Waals surface area (Å²) in [5.74, 6) is -5.86. The lowest BCUT2D eigenvalue weighted by Gasteiger charge is -2.26. The first-order valence-corrected chi connectivity index (χ1v) is 11.5. The van der Waals surface area contributed by atoms with Crippen LogP contribution in [0.25, 0.3) is 0 Å². The van der Waals surface area contributed by atoms with Crippen molar-refractivity contribution in [3.05, 3.63) is 18.2 Å². The van der Waals surface area contributed by atoms with E-state index in [4.69, 9.17) is 17.2 Å². The van der Waals surface area contributed by atoms with E-state index >= 15 is 0 Å². The van der Waals surface area contributed by atoms with Gasteiger partial charge in [-0.3, -0.25) is 24.2 Å². The van der Waals surface area contributed by atoms with Crippen LogP contribution in [0.4, 0.5) is 0 Å². The summed E-state index contributed by atoms with van der Waals surface area (Å²) in [6, 6.07) is -5.15. The third-order valence-corrected chi connectivity index (χ3v) is 5.15. The predicted molar refractivity (Wildman–Crippen MR) is 131 cm³/mol. The summed E-state index contributed by atoms with van der Waals surface area (Å²) in [5, 5.41) is 25.7. The number of carbonyl (C=O) groups excluding carboxylic acids is 3. The largest absolute Gasteiger partial charge is 0.481 e. The number of nitrogens with two attached hydrogens (primary N) is 3. The highest BCUT2D eigenvalue weighted by Crippen LogP contribution is 2.07. The second kappa shape index (κ2) is 15.0. The third-order valence-electron chi connectivity index (χ3n) is 5.15. The smallest absolute Gasteiger partial charge is 0.326 e. The number of hydrogen-bond acceptors (Lipinski definition) is 8. The van der Waals surface area contributed by atoms with Gasteiger partial charge in [0.25, 0.3) is 0 Å². The first kappa shape index (κ1) is 30.8. The molecule has 206 valence electrons. The summed E-state index contributed by atoms with van der Waals surface area (Å²) in [7, 11) is 0. The van der Waals surface area contributed by atoms with E-state index < -0.39 is 66.2 Å². The summed E-state index contributed by atoms with van der Waals surface area (Å²) in [5.41, 5.74) is 16.9. The number of aliphatic carboxylic acids is 2. The zero-order chi connectivity index (χ0) is 28.1. The maximum absolute atomic E-state index is 12.9. The topological polar surface area (TPSA) is 281 Å². The van der Waals surface area contributed by atoms with Crippen molar-refractivity contribution in [1.82, 2.24) is 25.9 Å². The van der Waals surface area contributed by atoms with Crippen molar-refractivity contribution in [2.45, 2.75) is 63.7 Å². The molecule has 4 atom stereocenters. The summed E-state index contributed by atoms with van der Waals surface area (Å²) in [6.45, 7) is 3.36. The number of rotatable bonds is 16. The Bertz CT molecular complexity index is 962. The summed E-state index contributed by atoms with van der Waals surface area (Å²) < 4.78 is 0. The highest BCUT2D eigenvalue weighted by Gasteiger charge is 2.32. The number of carboxylic acid groups (broad SMARTS) is 2. The summed E-state index contributed by atoms with van der Waals surface area (Å²) in [4.78, 5) is 71.5. The van der Waals surface area contributed by atoms with Gasteiger partial charge in [-0.2, -0.15) is 0 Å². The number of nitrogens with zero attached hydrogens (tertiary/aromatic N) is 2. The van der Waals surface area contributed by atoms with E-state index in [-0.39, 0.29) is 31.8 Å². The first-order chi connectivity index (χ1) is 17.3. The number of carboxylic acids is 2. The number of aromatic amines is 1. The third kappa shape index (κ3) is 11.4. The molecule has 12 N–H and O–H groups in total. The lowest BCUT2D eigenvalue weighted by Crippen LogP contribution is -2.58. The zero-order valence-electron chi connectivity index (χ0n) is 20.6. The molecule has 0 aromatic carbocycles. The molecule has 16 nitrogen and oxygen atoms in total. The maximum Gasteiger partial charge on any atom is 0.326 e. The van der Waals surface area contributed by atoms with Crippen LogP contribution in [0.15, 0.2) is 17.5 Å². The van der Waals surface area contributed by atoms with Gasteiger partial charge in [0.1, 0.15) is 18.1 Å². The van der Waals surface area contributed by atoms with Gasteiger partial charge in [0.15, 0.2) is 5.96 Å². The van der Waals surface area contributed by atoms with Crippen molar-refractivity contribution in [3.8, 4) is 0 Å². The molecule has 1 aromatic heterocycles. The molecule has 1 aromatic rings. The normalized spacial score (nSPS) is 14.1. The first-order valence-electron chi connectivity index (χ1n) is 11.5. The maximum atomic E-state index is 12.9. The van der Waals surface area contributed by atoms with Crippen LogP contribution >= 0.6 is 0 Å². The number of nitrogens with one attached hydrogen (secondary N) is 4. The van der Waals surface area contributed by atoms with Gasteiger partial charge in [-0.15, -0.1) is 0 Å². The molecule has 0 aliphatic carbocycles. The van der Waals surface area contributed by atoms with Crippen LogP contribution in [0, 0.1) is 5.92 Å². The van der Waals surface area contributed by atoms with Crippen molar-refractivity contribution in [2.75, 3.05) is 6.54 Å². The standard InChI is InChI=1S/C21H35N9O7/c1-10(2)16(19(35)28-13(20(36)37)4-3-5-26-21(23)24)30-18(34)14(7-15(31)32)29-17(33)12(22)6-11-8-25-9-27-11/h8-10,12-14,16H,3-7,22H2,1-2H3,(H,25,27)(H,28,35)(H,29,33)(H,30,34)(H,31,32)(H,36,37)(H4,23,24,26). The van der Waals surface area contributed by atoms with Gasteiger partial charge in [-0.05, 0) is 18.8 Å². The van der Waals surface area contributed by atoms with E-state index in [0.29, 0.717) is 5.69 Å². The monoisotopic (exact) mass is 525 g/mol. The minimum atomic E-state index is -1.54. The van der Waals surface area contributed by atoms with E-state index in [1.807, 2.05) is 0 Å². The Morgan fingerprint density at radius 1 is 1.03 bits per heavy atom. The van der Waals surface area contributed by atoms with Crippen LogP contribution in [-0.2, 0) is 30.4 Å². The van der Waals surface area contributed by atoms with Crippen molar-refractivity contribution in [1.29, 1.82) is 0 Å². The highest BCUT2D eigenvalue weighted by molar-refractivity contribution is 5.95. The lowest BCUT2D eigenvalue weighted by atomic mass is 10.0. The van der Waals surface area contributed by atoms with Crippen LogP contribution in [0.5, 0.6) is 0 Å². The Balaban J connectivity index is 2.88. The lowest BCUT2D eigenvalue weighted by molar-refractivity contribution is -0.143. The molecule has 0 spiro atoms. The second-order valence-electron chi connectivity index (χ2n) is 8.63. The second-order valence-corrected chi connectivity index (χ2v) is 8.63. The van der Waals surface area contributed by atoms with Gasteiger partial charge in [0, 0.05) is 24.9 Å². The SMILES string of the molecule is CC(C)C(NC(=O)C(CC(=O)O)NC(=O)C(N)Cc1cnc[nH]1)C(=O)NC(CCCN=C(N)N)C(=O)O.